The van der Waals surface area contributed by atoms with E-state index in [1.165, 1.54) is 0 Å². The monoisotopic (exact) mass is 197 g/mol. The van der Waals surface area contributed by atoms with Gasteiger partial charge in [-0.2, -0.15) is 4.99 Å². The van der Waals surface area contributed by atoms with Crippen LogP contribution >= 0.6 is 0 Å². The Morgan fingerprint density at radius 1 is 1.57 bits per heavy atom. The van der Waals surface area contributed by atoms with Gasteiger partial charge in [0, 0.05) is 6.42 Å². The van der Waals surface area contributed by atoms with Crippen LogP contribution in [0.15, 0.2) is 4.99 Å². The van der Waals surface area contributed by atoms with E-state index in [2.05, 4.69) is 15.6 Å². The fourth-order valence-corrected chi connectivity index (χ4v) is 0.952. The molecular formula is C8H11N3O3. The van der Waals surface area contributed by atoms with E-state index < -0.39 is 5.91 Å². The van der Waals surface area contributed by atoms with Crippen molar-refractivity contribution in [2.24, 2.45) is 4.99 Å². The number of nitrogens with one attached hydrogen (secondary N) is 2. The average Bonchev–Trinajstić information content (AvgIpc) is 2.12. The first-order valence-corrected chi connectivity index (χ1v) is 4.28. The number of amides is 3. The average molecular weight is 197 g/mol. The normalized spacial score (nSPS) is 15.9. The Hall–Kier alpha value is -1.72. The minimum atomic E-state index is -0.477. The molecule has 1 rings (SSSR count). The van der Waals surface area contributed by atoms with Crippen LogP contribution in [-0.2, 0) is 14.4 Å². The molecule has 0 aliphatic carbocycles. The molecule has 0 aromatic carbocycles. The van der Waals surface area contributed by atoms with Gasteiger partial charge in [-0.25, -0.2) is 0 Å². The van der Waals surface area contributed by atoms with E-state index in [0.717, 1.165) is 0 Å². The molecule has 0 saturated carbocycles. The first kappa shape index (κ1) is 10.4. The van der Waals surface area contributed by atoms with Gasteiger partial charge in [0.05, 0.1) is 6.54 Å². The number of rotatable bonds is 3. The highest BCUT2D eigenvalue weighted by molar-refractivity contribution is 6.14. The van der Waals surface area contributed by atoms with E-state index >= 15 is 0 Å². The molecule has 0 radical (unpaired) electrons. The number of amidine groups is 1. The molecule has 0 spiro atoms. The summed E-state index contributed by atoms with van der Waals surface area (Å²) in [5.74, 6) is -0.812. The molecule has 0 atom stereocenters. The van der Waals surface area contributed by atoms with Crippen molar-refractivity contribution in [3.63, 3.8) is 0 Å². The molecular weight excluding hydrogens is 186 g/mol. The first-order valence-electron chi connectivity index (χ1n) is 4.28. The molecule has 6 nitrogen and oxygen atoms in total. The second-order valence-corrected chi connectivity index (χ2v) is 2.81. The summed E-state index contributed by atoms with van der Waals surface area (Å²) in [4.78, 5) is 36.1. The van der Waals surface area contributed by atoms with Crippen molar-refractivity contribution in [1.82, 2.24) is 10.6 Å². The lowest BCUT2D eigenvalue weighted by atomic mass is 10.3. The third kappa shape index (κ3) is 2.96. The zero-order chi connectivity index (χ0) is 10.6. The van der Waals surface area contributed by atoms with Gasteiger partial charge < -0.3 is 10.6 Å². The second kappa shape index (κ2) is 4.50. The fraction of sp³-hybridized carbons (Fsp3) is 0.500. The number of hydrogen-bond acceptors (Lipinski definition) is 3. The summed E-state index contributed by atoms with van der Waals surface area (Å²) >= 11 is 0. The zero-order valence-electron chi connectivity index (χ0n) is 7.79. The van der Waals surface area contributed by atoms with Gasteiger partial charge in [0.1, 0.15) is 12.3 Å². The molecule has 1 aliphatic heterocycles. The van der Waals surface area contributed by atoms with Crippen LogP contribution in [0.25, 0.3) is 0 Å². The SMILES string of the molecule is CCC(=O)NCC1=NC(=O)CC(=O)N1. The number of hydrogen-bond donors (Lipinski definition) is 2. The maximum absolute atomic E-state index is 10.9. The number of nitrogens with zero attached hydrogens (tertiary/aromatic N) is 1. The van der Waals surface area contributed by atoms with Crippen LogP contribution in [0.5, 0.6) is 0 Å². The molecule has 76 valence electrons. The van der Waals surface area contributed by atoms with Crippen molar-refractivity contribution in [3.8, 4) is 0 Å². The van der Waals surface area contributed by atoms with Crippen LogP contribution < -0.4 is 10.6 Å². The Bertz CT molecular complexity index is 309. The molecule has 0 saturated heterocycles. The van der Waals surface area contributed by atoms with Crippen LogP contribution in [0.2, 0.25) is 0 Å². The van der Waals surface area contributed by atoms with E-state index in [0.29, 0.717) is 6.42 Å². The van der Waals surface area contributed by atoms with Crippen molar-refractivity contribution < 1.29 is 14.4 Å². The summed E-state index contributed by atoms with van der Waals surface area (Å²) in [6.45, 7) is 1.80. The van der Waals surface area contributed by atoms with Crippen LogP contribution in [0.3, 0.4) is 0 Å². The summed E-state index contributed by atoms with van der Waals surface area (Å²) < 4.78 is 0. The molecule has 0 aromatic rings. The van der Waals surface area contributed by atoms with Crippen LogP contribution in [0.1, 0.15) is 19.8 Å². The summed E-state index contributed by atoms with van der Waals surface area (Å²) in [6, 6.07) is 0. The molecule has 0 aromatic heterocycles. The Morgan fingerprint density at radius 2 is 2.29 bits per heavy atom. The summed E-state index contributed by atoms with van der Waals surface area (Å²) in [6.07, 6.45) is 0.139. The number of carbonyl (C=O) groups excluding carboxylic acids is 3. The summed E-state index contributed by atoms with van der Waals surface area (Å²) in [7, 11) is 0. The molecule has 1 heterocycles. The second-order valence-electron chi connectivity index (χ2n) is 2.81. The smallest absolute Gasteiger partial charge is 0.256 e. The highest BCUT2D eigenvalue weighted by Crippen LogP contribution is 1.93. The lowest BCUT2D eigenvalue weighted by Crippen LogP contribution is -2.43. The van der Waals surface area contributed by atoms with Gasteiger partial charge in [-0.3, -0.25) is 14.4 Å². The van der Waals surface area contributed by atoms with Crippen molar-refractivity contribution >= 4 is 23.6 Å². The fourth-order valence-electron chi connectivity index (χ4n) is 0.952. The third-order valence-electron chi connectivity index (χ3n) is 1.63. The van der Waals surface area contributed by atoms with Gasteiger partial charge in [-0.15, -0.1) is 0 Å². The Balaban J connectivity index is 2.48. The van der Waals surface area contributed by atoms with Gasteiger partial charge in [0.15, 0.2) is 0 Å². The van der Waals surface area contributed by atoms with Crippen molar-refractivity contribution in [3.05, 3.63) is 0 Å². The molecule has 0 unspecified atom stereocenters. The van der Waals surface area contributed by atoms with Gasteiger partial charge in [-0.05, 0) is 0 Å². The Morgan fingerprint density at radius 3 is 2.86 bits per heavy atom. The van der Waals surface area contributed by atoms with Crippen molar-refractivity contribution in [2.45, 2.75) is 19.8 Å². The zero-order valence-corrected chi connectivity index (χ0v) is 7.79. The van der Waals surface area contributed by atoms with Crippen LogP contribution in [0, 0.1) is 0 Å². The quantitative estimate of drug-likeness (QED) is 0.566. The standard InChI is InChI=1S/C8H11N3O3/c1-2-6(12)9-4-5-10-7(13)3-8(14)11-5/h2-4H2,1H3,(H,9,12)(H,10,11,13,14). The summed E-state index contributed by atoms with van der Waals surface area (Å²) in [5, 5.41) is 4.91. The van der Waals surface area contributed by atoms with Gasteiger partial charge in [0.2, 0.25) is 11.8 Å². The lowest BCUT2D eigenvalue weighted by molar-refractivity contribution is -0.128. The van der Waals surface area contributed by atoms with Crippen molar-refractivity contribution in [1.29, 1.82) is 0 Å². The van der Waals surface area contributed by atoms with Gasteiger partial charge in [0.25, 0.3) is 5.91 Å². The van der Waals surface area contributed by atoms with Gasteiger partial charge >= 0.3 is 0 Å². The first-order chi connectivity index (χ1) is 6.61. The molecule has 0 bridgehead atoms. The minimum Gasteiger partial charge on any atom is -0.349 e. The molecule has 14 heavy (non-hydrogen) atoms. The lowest BCUT2D eigenvalue weighted by Gasteiger charge is -2.12. The van der Waals surface area contributed by atoms with Crippen molar-refractivity contribution in [2.75, 3.05) is 6.54 Å². The van der Waals surface area contributed by atoms with E-state index in [9.17, 15) is 14.4 Å². The molecule has 3 amide bonds. The highest BCUT2D eigenvalue weighted by Gasteiger charge is 2.17. The predicted octanol–water partition coefficient (Wildman–Crippen LogP) is -1.04. The predicted molar refractivity (Wildman–Crippen MR) is 48.5 cm³/mol. The molecule has 2 N–H and O–H groups in total. The van der Waals surface area contributed by atoms with E-state index in [4.69, 9.17) is 0 Å². The van der Waals surface area contributed by atoms with Crippen LogP contribution in [-0.4, -0.2) is 30.1 Å². The number of aliphatic imine (C=N–C) groups is 1. The Kier molecular flexibility index (Phi) is 3.33. The highest BCUT2D eigenvalue weighted by atomic mass is 16.2. The minimum absolute atomic E-state index is 0.0875. The molecule has 0 fully saturated rings. The topological polar surface area (TPSA) is 87.6 Å². The third-order valence-corrected chi connectivity index (χ3v) is 1.63. The van der Waals surface area contributed by atoms with Gasteiger partial charge in [-0.1, -0.05) is 6.92 Å². The summed E-state index contributed by atoms with van der Waals surface area (Å²) in [5.41, 5.74) is 0. The van der Waals surface area contributed by atoms with Crippen LogP contribution in [0.4, 0.5) is 0 Å². The largest absolute Gasteiger partial charge is 0.349 e. The molecule has 1 aliphatic rings. The van der Waals surface area contributed by atoms with E-state index in [-0.39, 0.29) is 30.6 Å². The number of carbonyl (C=O) groups is 3. The maximum Gasteiger partial charge on any atom is 0.256 e. The van der Waals surface area contributed by atoms with E-state index in [1.54, 1.807) is 6.92 Å². The molecule has 6 heteroatoms. The van der Waals surface area contributed by atoms with E-state index in [1.807, 2.05) is 0 Å². The maximum atomic E-state index is 10.9. The Labute approximate surface area is 80.8 Å².